The topological polar surface area (TPSA) is 37.4 Å². The van der Waals surface area contributed by atoms with Gasteiger partial charge in [0.2, 0.25) is 10.0 Å². The van der Waals surface area contributed by atoms with Crippen molar-refractivity contribution >= 4 is 10.0 Å². The summed E-state index contributed by atoms with van der Waals surface area (Å²) in [6.45, 7) is 0. The van der Waals surface area contributed by atoms with Crippen LogP contribution in [0.2, 0.25) is 0 Å². The van der Waals surface area contributed by atoms with Crippen LogP contribution in [-0.2, 0) is 10.0 Å². The smallest absolute Gasteiger partial charge is 0.210 e. The predicted molar refractivity (Wildman–Crippen MR) is 28.5 cm³/mol. The molecule has 0 aliphatic heterocycles. The normalized spacial score (nSPS) is 12.6. The molecule has 0 heterocycles. The molecule has 0 aromatic rings. The molecule has 0 saturated heterocycles. The van der Waals surface area contributed by atoms with Gasteiger partial charge in [-0.3, -0.25) is 0 Å². The van der Waals surface area contributed by atoms with Crippen molar-refractivity contribution in [2.24, 2.45) is 0 Å². The Bertz CT molecular complexity index is 135. The third-order valence-electron chi connectivity index (χ3n) is 0.663. The molecule has 0 radical (unpaired) electrons. The first-order valence-electron chi connectivity index (χ1n) is 1.82. The summed E-state index contributed by atoms with van der Waals surface area (Å²) in [5.41, 5.74) is 0. The maximum atomic E-state index is 10.3. The van der Waals surface area contributed by atoms with E-state index in [4.69, 9.17) is 0 Å². The summed E-state index contributed by atoms with van der Waals surface area (Å²) < 4.78 is 21.7. The molecule has 0 atom stereocenters. The lowest BCUT2D eigenvalue weighted by Crippen LogP contribution is -2.19. The van der Waals surface area contributed by atoms with Gasteiger partial charge in [-0.1, -0.05) is 0 Å². The van der Waals surface area contributed by atoms with Crippen molar-refractivity contribution in [3.63, 3.8) is 0 Å². The minimum atomic E-state index is -2.91. The minimum Gasteiger partial charge on any atom is -0.213 e. The molecular formula is C3H9NO2S. The maximum Gasteiger partial charge on any atom is 0.210 e. The molecule has 4 heteroatoms. The van der Waals surface area contributed by atoms with Crippen LogP contribution < -0.4 is 0 Å². The van der Waals surface area contributed by atoms with Gasteiger partial charge in [0.25, 0.3) is 0 Å². The first-order chi connectivity index (χ1) is 2.94. The van der Waals surface area contributed by atoms with E-state index in [1.54, 1.807) is 0 Å². The highest BCUT2D eigenvalue weighted by Gasteiger charge is 2.00. The molecule has 0 spiro atoms. The number of nitrogens with zero attached hydrogens (tertiary/aromatic N) is 1. The Morgan fingerprint density at radius 3 is 1.43 bits per heavy atom. The van der Waals surface area contributed by atoms with Gasteiger partial charge in [0.05, 0.1) is 6.26 Å². The predicted octanol–water partition coefficient (Wildman–Crippen LogP) is -0.492. The fourth-order valence-electron chi connectivity index (χ4n) is 0. The lowest BCUT2D eigenvalue weighted by atomic mass is 11.3. The van der Waals surface area contributed by atoms with E-state index < -0.39 is 10.0 Å². The summed E-state index contributed by atoms with van der Waals surface area (Å²) in [6.07, 6.45) is 1.16. The molecule has 7 heavy (non-hydrogen) atoms. The van der Waals surface area contributed by atoms with E-state index in [0.717, 1.165) is 10.6 Å². The number of rotatable bonds is 1. The van der Waals surface area contributed by atoms with Gasteiger partial charge in [0, 0.05) is 14.1 Å². The van der Waals surface area contributed by atoms with Gasteiger partial charge in [-0.05, 0) is 0 Å². The van der Waals surface area contributed by atoms with E-state index in [1.165, 1.54) is 14.1 Å². The zero-order chi connectivity index (χ0) is 6.08. The lowest BCUT2D eigenvalue weighted by Gasteiger charge is -2.02. The Kier molecular flexibility index (Phi) is 1.77. The molecule has 0 rings (SSSR count). The second kappa shape index (κ2) is 1.79. The first kappa shape index (κ1) is 6.91. The van der Waals surface area contributed by atoms with E-state index in [9.17, 15) is 8.42 Å². The molecule has 3 nitrogen and oxygen atoms in total. The van der Waals surface area contributed by atoms with Crippen LogP contribution in [0.1, 0.15) is 0 Å². The Morgan fingerprint density at radius 2 is 1.43 bits per heavy atom. The second-order valence-electron chi connectivity index (χ2n) is 1.55. The fraction of sp³-hybridized carbons (Fsp3) is 1.00. The highest BCUT2D eigenvalue weighted by molar-refractivity contribution is 7.88. The fourth-order valence-corrected chi connectivity index (χ4v) is 0. The highest BCUT2D eigenvalue weighted by Crippen LogP contribution is 1.82. The molecule has 0 saturated carbocycles. The Morgan fingerprint density at radius 1 is 1.29 bits per heavy atom. The number of hydrogen-bond acceptors (Lipinski definition) is 2. The second-order valence-corrected chi connectivity index (χ2v) is 3.74. The van der Waals surface area contributed by atoms with Crippen LogP contribution >= 0.6 is 0 Å². The van der Waals surface area contributed by atoms with E-state index >= 15 is 0 Å². The van der Waals surface area contributed by atoms with Gasteiger partial charge in [-0.25, -0.2) is 12.7 Å². The SMILES string of the molecule is CN(C)S(C)(=O)=O. The van der Waals surface area contributed by atoms with Gasteiger partial charge in [0.15, 0.2) is 0 Å². The van der Waals surface area contributed by atoms with E-state index in [0.29, 0.717) is 0 Å². The number of sulfonamides is 1. The van der Waals surface area contributed by atoms with Crippen molar-refractivity contribution in [1.82, 2.24) is 4.31 Å². The van der Waals surface area contributed by atoms with Gasteiger partial charge in [-0.2, -0.15) is 0 Å². The quantitative estimate of drug-likeness (QED) is 0.471. The summed E-state index contributed by atoms with van der Waals surface area (Å²) in [6, 6.07) is 0. The van der Waals surface area contributed by atoms with Crippen molar-refractivity contribution in [2.45, 2.75) is 0 Å². The molecule has 0 aliphatic rings. The third-order valence-corrected chi connectivity index (χ3v) is 1.99. The van der Waals surface area contributed by atoms with Gasteiger partial charge in [-0.15, -0.1) is 0 Å². The largest absolute Gasteiger partial charge is 0.213 e. The minimum absolute atomic E-state index is 1.16. The molecule has 0 amide bonds. The van der Waals surface area contributed by atoms with Crippen LogP contribution in [-0.4, -0.2) is 33.1 Å². The van der Waals surface area contributed by atoms with Gasteiger partial charge >= 0.3 is 0 Å². The van der Waals surface area contributed by atoms with Crippen LogP contribution in [0.25, 0.3) is 0 Å². The van der Waals surface area contributed by atoms with Crippen molar-refractivity contribution in [2.75, 3.05) is 20.4 Å². The van der Waals surface area contributed by atoms with Crippen LogP contribution in [0.5, 0.6) is 0 Å². The zero-order valence-electron chi connectivity index (χ0n) is 4.67. The van der Waals surface area contributed by atoms with Crippen molar-refractivity contribution in [3.05, 3.63) is 0 Å². The molecule has 0 aromatic heterocycles. The lowest BCUT2D eigenvalue weighted by molar-refractivity contribution is 0.527. The zero-order valence-corrected chi connectivity index (χ0v) is 5.49. The summed E-state index contributed by atoms with van der Waals surface area (Å²) >= 11 is 0. The van der Waals surface area contributed by atoms with Crippen molar-refractivity contribution in [1.29, 1.82) is 0 Å². The average Bonchev–Trinajstić information content (AvgIpc) is 1.31. The van der Waals surface area contributed by atoms with E-state index in [-0.39, 0.29) is 0 Å². The summed E-state index contributed by atoms with van der Waals surface area (Å²) in [5, 5.41) is 0. The molecule has 0 aromatic carbocycles. The maximum absolute atomic E-state index is 10.3. The molecule has 0 N–H and O–H groups in total. The first-order valence-corrected chi connectivity index (χ1v) is 3.67. The van der Waals surface area contributed by atoms with Crippen molar-refractivity contribution in [3.8, 4) is 0 Å². The Labute approximate surface area is 44.0 Å². The van der Waals surface area contributed by atoms with Gasteiger partial charge in [0.1, 0.15) is 0 Å². The average molecular weight is 123 g/mol. The molecular weight excluding hydrogens is 114 g/mol. The Hall–Kier alpha value is -0.0900. The third kappa shape index (κ3) is 2.59. The van der Waals surface area contributed by atoms with Crippen LogP contribution in [0.3, 0.4) is 0 Å². The molecule has 0 unspecified atom stereocenters. The van der Waals surface area contributed by atoms with Crippen LogP contribution in [0.4, 0.5) is 0 Å². The molecule has 0 aliphatic carbocycles. The molecule has 44 valence electrons. The molecule has 0 bridgehead atoms. The standard InChI is InChI=1S/C3H9NO2S/c1-4(2)7(3,5)6/h1-3H3. The monoisotopic (exact) mass is 123 g/mol. The highest BCUT2D eigenvalue weighted by atomic mass is 32.2. The summed E-state index contributed by atoms with van der Waals surface area (Å²) in [7, 11) is 0.0833. The van der Waals surface area contributed by atoms with Gasteiger partial charge < -0.3 is 0 Å². The summed E-state index contributed by atoms with van der Waals surface area (Å²) in [4.78, 5) is 0. The van der Waals surface area contributed by atoms with Crippen LogP contribution in [0.15, 0.2) is 0 Å². The van der Waals surface area contributed by atoms with Crippen LogP contribution in [0, 0.1) is 0 Å². The van der Waals surface area contributed by atoms with Crippen molar-refractivity contribution < 1.29 is 8.42 Å². The van der Waals surface area contributed by atoms with E-state index in [2.05, 4.69) is 0 Å². The molecule has 0 fully saturated rings. The summed E-state index contributed by atoms with van der Waals surface area (Å²) in [5.74, 6) is 0. The number of hydrogen-bond donors (Lipinski definition) is 0. The van der Waals surface area contributed by atoms with E-state index in [1.807, 2.05) is 0 Å². The Balaban J connectivity index is 4.10.